The Morgan fingerprint density at radius 1 is 1.25 bits per heavy atom. The Hall–Kier alpha value is -1.97. The Bertz CT molecular complexity index is 623. The number of imide groups is 1. The number of aryl methyl sites for hydroxylation is 1. The summed E-state index contributed by atoms with van der Waals surface area (Å²) >= 11 is 0. The second kappa shape index (κ2) is 8.22. The van der Waals surface area contributed by atoms with Crippen LogP contribution in [0.2, 0.25) is 0 Å². The van der Waals surface area contributed by atoms with Crippen LogP contribution in [0.1, 0.15) is 57.9 Å². The van der Waals surface area contributed by atoms with Crippen molar-refractivity contribution >= 4 is 23.3 Å². The largest absolute Gasteiger partial charge is 0.299 e. The minimum Gasteiger partial charge on any atom is -0.299 e. The fraction of sp³-hybridized carbons (Fsp3) is 0.550. The van der Waals surface area contributed by atoms with Gasteiger partial charge in [0.25, 0.3) is 0 Å². The van der Waals surface area contributed by atoms with Gasteiger partial charge in [0.05, 0.1) is 11.6 Å². The molecule has 4 heteroatoms. The van der Waals surface area contributed by atoms with Crippen LogP contribution >= 0.6 is 0 Å². The summed E-state index contributed by atoms with van der Waals surface area (Å²) in [6.07, 6.45) is 3.96. The number of benzene rings is 1. The molecule has 1 aromatic carbocycles. The van der Waals surface area contributed by atoms with Crippen LogP contribution < -0.4 is 4.90 Å². The molecule has 0 spiro atoms. The number of unbranched alkanes of at least 4 members (excludes halogenated alkanes) is 1. The minimum absolute atomic E-state index is 0.135. The summed E-state index contributed by atoms with van der Waals surface area (Å²) in [6.45, 7) is 5.99. The van der Waals surface area contributed by atoms with Crippen LogP contribution in [-0.2, 0) is 14.4 Å². The van der Waals surface area contributed by atoms with Gasteiger partial charge in [0.2, 0.25) is 11.8 Å². The lowest BCUT2D eigenvalue weighted by molar-refractivity contribution is -0.131. The van der Waals surface area contributed by atoms with Crippen molar-refractivity contribution in [3.63, 3.8) is 0 Å². The van der Waals surface area contributed by atoms with Crippen molar-refractivity contribution in [2.75, 3.05) is 4.90 Å². The number of carbonyl (C=O) groups excluding carboxylic acids is 3. The molecule has 0 bridgehead atoms. The van der Waals surface area contributed by atoms with Gasteiger partial charge in [-0.15, -0.1) is 0 Å². The third-order valence-corrected chi connectivity index (χ3v) is 4.72. The molecule has 2 atom stereocenters. The van der Waals surface area contributed by atoms with E-state index in [1.807, 2.05) is 39.0 Å². The Balaban J connectivity index is 2.23. The average molecular weight is 329 g/mol. The summed E-state index contributed by atoms with van der Waals surface area (Å²) in [4.78, 5) is 39.1. The van der Waals surface area contributed by atoms with E-state index in [1.54, 1.807) is 6.07 Å². The Morgan fingerprint density at radius 2 is 2.00 bits per heavy atom. The third-order valence-electron chi connectivity index (χ3n) is 4.72. The first-order chi connectivity index (χ1) is 11.5. The highest BCUT2D eigenvalue weighted by molar-refractivity contribution is 6.21. The molecule has 0 aliphatic carbocycles. The van der Waals surface area contributed by atoms with E-state index in [1.165, 1.54) is 4.90 Å². The zero-order valence-electron chi connectivity index (χ0n) is 14.9. The molecular weight excluding hydrogens is 302 g/mol. The number of rotatable bonds is 8. The smallest absolute Gasteiger partial charge is 0.238 e. The Kier molecular flexibility index (Phi) is 6.29. The van der Waals surface area contributed by atoms with Crippen molar-refractivity contribution in [3.05, 3.63) is 29.8 Å². The van der Waals surface area contributed by atoms with E-state index in [9.17, 15) is 14.4 Å². The number of anilines is 1. The van der Waals surface area contributed by atoms with Gasteiger partial charge in [-0.1, -0.05) is 38.8 Å². The molecule has 1 aromatic rings. The van der Waals surface area contributed by atoms with Crippen molar-refractivity contribution in [1.29, 1.82) is 0 Å². The maximum Gasteiger partial charge on any atom is 0.238 e. The van der Waals surface area contributed by atoms with Crippen LogP contribution in [0.4, 0.5) is 5.69 Å². The lowest BCUT2D eigenvalue weighted by Crippen LogP contribution is -2.34. The first-order valence-electron chi connectivity index (χ1n) is 8.95. The van der Waals surface area contributed by atoms with E-state index in [0.29, 0.717) is 18.5 Å². The molecule has 0 saturated carbocycles. The molecule has 1 fully saturated rings. The number of Topliss-reactive ketones (excluding diaryl/α,β-unsaturated/α-hetero) is 1. The second-order valence-corrected chi connectivity index (χ2v) is 6.68. The maximum atomic E-state index is 12.9. The molecule has 2 amide bonds. The van der Waals surface area contributed by atoms with Gasteiger partial charge in [-0.05, 0) is 37.5 Å². The summed E-state index contributed by atoms with van der Waals surface area (Å²) < 4.78 is 0. The zero-order chi connectivity index (χ0) is 17.7. The highest BCUT2D eigenvalue weighted by Crippen LogP contribution is 2.34. The van der Waals surface area contributed by atoms with E-state index in [0.717, 1.165) is 24.8 Å². The highest BCUT2D eigenvalue weighted by atomic mass is 16.2. The molecule has 0 N–H and O–H groups in total. The number of carbonyl (C=O) groups is 3. The zero-order valence-corrected chi connectivity index (χ0v) is 14.9. The van der Waals surface area contributed by atoms with Crippen LogP contribution in [0.5, 0.6) is 0 Å². The lowest BCUT2D eigenvalue weighted by atomic mass is 9.82. The van der Waals surface area contributed by atoms with E-state index < -0.39 is 5.92 Å². The maximum absolute atomic E-state index is 12.9. The van der Waals surface area contributed by atoms with Crippen molar-refractivity contribution < 1.29 is 14.4 Å². The molecule has 1 aliphatic heterocycles. The van der Waals surface area contributed by atoms with Crippen LogP contribution in [0.25, 0.3) is 0 Å². The summed E-state index contributed by atoms with van der Waals surface area (Å²) in [6, 6.07) is 7.39. The highest BCUT2D eigenvalue weighted by Gasteiger charge is 2.45. The van der Waals surface area contributed by atoms with E-state index in [4.69, 9.17) is 0 Å². The second-order valence-electron chi connectivity index (χ2n) is 6.68. The van der Waals surface area contributed by atoms with Gasteiger partial charge in [0.1, 0.15) is 5.78 Å². The van der Waals surface area contributed by atoms with Crippen LogP contribution in [-0.4, -0.2) is 17.6 Å². The quantitative estimate of drug-likeness (QED) is 0.676. The Morgan fingerprint density at radius 3 is 2.62 bits per heavy atom. The van der Waals surface area contributed by atoms with E-state index in [-0.39, 0.29) is 29.9 Å². The third kappa shape index (κ3) is 3.92. The fourth-order valence-electron chi connectivity index (χ4n) is 3.44. The van der Waals surface area contributed by atoms with Crippen molar-refractivity contribution in [2.24, 2.45) is 11.8 Å². The Labute approximate surface area is 144 Å². The van der Waals surface area contributed by atoms with Crippen molar-refractivity contribution in [3.8, 4) is 0 Å². The SMILES string of the molecule is CCCCC(=O)C(CCC)C1CC(=O)N(c2cccc(C)c2)C1=O. The summed E-state index contributed by atoms with van der Waals surface area (Å²) in [5.74, 6) is -1.10. The van der Waals surface area contributed by atoms with Crippen LogP contribution in [0.3, 0.4) is 0 Å². The summed E-state index contributed by atoms with van der Waals surface area (Å²) in [7, 11) is 0. The van der Waals surface area contributed by atoms with Crippen molar-refractivity contribution in [2.45, 2.75) is 59.3 Å². The molecule has 1 heterocycles. The molecule has 130 valence electrons. The molecule has 1 saturated heterocycles. The van der Waals surface area contributed by atoms with E-state index in [2.05, 4.69) is 0 Å². The number of amides is 2. The summed E-state index contributed by atoms with van der Waals surface area (Å²) in [5.41, 5.74) is 1.62. The van der Waals surface area contributed by atoms with Gasteiger partial charge < -0.3 is 0 Å². The van der Waals surface area contributed by atoms with Crippen LogP contribution in [0, 0.1) is 18.8 Å². The molecule has 0 radical (unpaired) electrons. The van der Waals surface area contributed by atoms with E-state index >= 15 is 0 Å². The number of nitrogens with zero attached hydrogens (tertiary/aromatic N) is 1. The predicted octanol–water partition coefficient (Wildman–Crippen LogP) is 4.05. The van der Waals surface area contributed by atoms with Crippen LogP contribution in [0.15, 0.2) is 24.3 Å². The molecule has 0 aromatic heterocycles. The number of ketones is 1. The normalized spacial score (nSPS) is 19.0. The molecule has 2 unspecified atom stereocenters. The first kappa shape index (κ1) is 18.4. The van der Waals surface area contributed by atoms with Gasteiger partial charge >= 0.3 is 0 Å². The topological polar surface area (TPSA) is 54.5 Å². The molecule has 2 rings (SSSR count). The van der Waals surface area contributed by atoms with Gasteiger partial charge in [0, 0.05) is 18.8 Å². The number of hydrogen-bond acceptors (Lipinski definition) is 3. The van der Waals surface area contributed by atoms with Gasteiger partial charge in [0.15, 0.2) is 0 Å². The van der Waals surface area contributed by atoms with Crippen molar-refractivity contribution in [1.82, 2.24) is 0 Å². The minimum atomic E-state index is -0.498. The standard InChI is InChI=1S/C20H27NO3/c1-4-6-11-18(22)16(8-5-2)17-13-19(23)21(20(17)24)15-10-7-9-14(3)12-15/h7,9-10,12,16-17H,4-6,8,11,13H2,1-3H3. The van der Waals surface area contributed by atoms with Gasteiger partial charge in [-0.2, -0.15) is 0 Å². The molecule has 24 heavy (non-hydrogen) atoms. The predicted molar refractivity (Wildman–Crippen MR) is 94.7 cm³/mol. The molecule has 4 nitrogen and oxygen atoms in total. The van der Waals surface area contributed by atoms with Gasteiger partial charge in [-0.3, -0.25) is 19.3 Å². The lowest BCUT2D eigenvalue weighted by Gasteiger charge is -2.21. The first-order valence-corrected chi connectivity index (χ1v) is 8.95. The monoisotopic (exact) mass is 329 g/mol. The van der Waals surface area contributed by atoms with Gasteiger partial charge in [-0.25, -0.2) is 0 Å². The average Bonchev–Trinajstić information content (AvgIpc) is 2.84. The summed E-state index contributed by atoms with van der Waals surface area (Å²) in [5, 5.41) is 0. The fourth-order valence-corrected chi connectivity index (χ4v) is 3.44. The molecular formula is C20H27NO3. The number of hydrogen-bond donors (Lipinski definition) is 0. The molecule has 1 aliphatic rings.